The van der Waals surface area contributed by atoms with Crippen LogP contribution in [0.1, 0.15) is 12.5 Å². The van der Waals surface area contributed by atoms with Crippen LogP contribution in [0.15, 0.2) is 36.5 Å². The molecular formula is C15H17FN2O2. The monoisotopic (exact) mass is 276 g/mol. The summed E-state index contributed by atoms with van der Waals surface area (Å²) in [7, 11) is 1.58. The molecule has 106 valence electrons. The summed E-state index contributed by atoms with van der Waals surface area (Å²) >= 11 is 0. The highest BCUT2D eigenvalue weighted by molar-refractivity contribution is 5.34. The maximum atomic E-state index is 14.2. The lowest BCUT2D eigenvalue weighted by molar-refractivity contribution is 0.406. The van der Waals surface area contributed by atoms with Gasteiger partial charge in [-0.15, -0.1) is 0 Å². The molecule has 2 rings (SSSR count). The number of ether oxygens (including phenoxy) is 2. The van der Waals surface area contributed by atoms with E-state index in [0.717, 1.165) is 6.54 Å². The zero-order valence-electron chi connectivity index (χ0n) is 11.5. The maximum absolute atomic E-state index is 14.2. The predicted octanol–water partition coefficient (Wildman–Crippen LogP) is 3.13. The van der Waals surface area contributed by atoms with Crippen LogP contribution >= 0.6 is 0 Å². The SMILES string of the molecule is CCNCc1ccnc(Oc2ccc(OC)cc2)c1F. The van der Waals surface area contributed by atoms with Crippen molar-refractivity contribution in [2.45, 2.75) is 13.5 Å². The minimum Gasteiger partial charge on any atom is -0.497 e. The van der Waals surface area contributed by atoms with Crippen LogP contribution in [0.3, 0.4) is 0 Å². The lowest BCUT2D eigenvalue weighted by Gasteiger charge is -2.09. The van der Waals surface area contributed by atoms with Crippen LogP contribution in [0, 0.1) is 5.82 Å². The molecule has 1 aromatic carbocycles. The number of pyridine rings is 1. The number of aromatic nitrogens is 1. The molecule has 1 aromatic heterocycles. The number of benzene rings is 1. The lowest BCUT2D eigenvalue weighted by atomic mass is 10.2. The summed E-state index contributed by atoms with van der Waals surface area (Å²) in [4.78, 5) is 3.93. The van der Waals surface area contributed by atoms with Crippen molar-refractivity contribution in [2.75, 3.05) is 13.7 Å². The second-order valence-electron chi connectivity index (χ2n) is 4.15. The molecule has 1 heterocycles. The Morgan fingerprint density at radius 3 is 2.50 bits per heavy atom. The van der Waals surface area contributed by atoms with E-state index in [9.17, 15) is 4.39 Å². The van der Waals surface area contributed by atoms with Crippen molar-refractivity contribution >= 4 is 0 Å². The number of rotatable bonds is 6. The van der Waals surface area contributed by atoms with Gasteiger partial charge < -0.3 is 14.8 Å². The predicted molar refractivity (Wildman–Crippen MR) is 74.6 cm³/mol. The Morgan fingerprint density at radius 2 is 1.85 bits per heavy atom. The third-order valence-corrected chi connectivity index (χ3v) is 2.78. The quantitative estimate of drug-likeness (QED) is 0.880. The summed E-state index contributed by atoms with van der Waals surface area (Å²) in [5, 5.41) is 3.07. The van der Waals surface area contributed by atoms with Gasteiger partial charge in [-0.25, -0.2) is 9.37 Å². The number of hydrogen-bond acceptors (Lipinski definition) is 4. The fraction of sp³-hybridized carbons (Fsp3) is 0.267. The number of nitrogens with zero attached hydrogens (tertiary/aromatic N) is 1. The van der Waals surface area contributed by atoms with Crippen LogP contribution in [-0.4, -0.2) is 18.6 Å². The summed E-state index contributed by atoms with van der Waals surface area (Å²) in [6.45, 7) is 3.19. The molecule has 0 amide bonds. The van der Waals surface area contributed by atoms with Gasteiger partial charge in [-0.1, -0.05) is 6.92 Å². The highest BCUT2D eigenvalue weighted by Crippen LogP contribution is 2.25. The van der Waals surface area contributed by atoms with Gasteiger partial charge >= 0.3 is 0 Å². The van der Waals surface area contributed by atoms with Crippen LogP contribution in [0.4, 0.5) is 4.39 Å². The molecule has 0 aliphatic heterocycles. The van der Waals surface area contributed by atoms with Crippen molar-refractivity contribution in [3.8, 4) is 17.4 Å². The average molecular weight is 276 g/mol. The standard InChI is InChI=1S/C15H17FN2O2/c1-3-17-10-11-8-9-18-15(14(11)16)20-13-6-4-12(19-2)5-7-13/h4-9,17H,3,10H2,1-2H3. The van der Waals surface area contributed by atoms with E-state index < -0.39 is 5.82 Å². The fourth-order valence-electron chi connectivity index (χ4n) is 1.68. The third kappa shape index (κ3) is 3.45. The second-order valence-corrected chi connectivity index (χ2v) is 4.15. The topological polar surface area (TPSA) is 43.4 Å². The fourth-order valence-corrected chi connectivity index (χ4v) is 1.68. The Morgan fingerprint density at radius 1 is 1.15 bits per heavy atom. The Labute approximate surface area is 117 Å². The zero-order chi connectivity index (χ0) is 14.4. The smallest absolute Gasteiger partial charge is 0.256 e. The number of halogens is 1. The van der Waals surface area contributed by atoms with E-state index in [4.69, 9.17) is 9.47 Å². The van der Waals surface area contributed by atoms with Gasteiger partial charge in [0.1, 0.15) is 11.5 Å². The van der Waals surface area contributed by atoms with Crippen molar-refractivity contribution in [1.29, 1.82) is 0 Å². The molecule has 0 aliphatic carbocycles. The van der Waals surface area contributed by atoms with E-state index in [1.807, 2.05) is 6.92 Å². The highest BCUT2D eigenvalue weighted by atomic mass is 19.1. The summed E-state index contributed by atoms with van der Waals surface area (Å²) < 4.78 is 24.7. The molecule has 0 radical (unpaired) electrons. The molecule has 1 N–H and O–H groups in total. The zero-order valence-corrected chi connectivity index (χ0v) is 11.5. The first-order valence-corrected chi connectivity index (χ1v) is 6.40. The first-order chi connectivity index (χ1) is 9.74. The molecular weight excluding hydrogens is 259 g/mol. The first kappa shape index (κ1) is 14.3. The van der Waals surface area contributed by atoms with Crippen molar-refractivity contribution < 1.29 is 13.9 Å². The van der Waals surface area contributed by atoms with Crippen molar-refractivity contribution in [2.24, 2.45) is 0 Å². The molecule has 0 saturated carbocycles. The molecule has 0 fully saturated rings. The van der Waals surface area contributed by atoms with Gasteiger partial charge in [-0.05, 0) is 36.9 Å². The summed E-state index contributed by atoms with van der Waals surface area (Å²) in [5.74, 6) is 0.763. The molecule has 4 nitrogen and oxygen atoms in total. The maximum Gasteiger partial charge on any atom is 0.256 e. The molecule has 0 unspecified atom stereocenters. The van der Waals surface area contributed by atoms with Gasteiger partial charge in [0, 0.05) is 18.3 Å². The van der Waals surface area contributed by atoms with E-state index in [-0.39, 0.29) is 5.88 Å². The van der Waals surface area contributed by atoms with Gasteiger partial charge in [0.05, 0.1) is 7.11 Å². The van der Waals surface area contributed by atoms with Gasteiger partial charge in [-0.2, -0.15) is 0 Å². The van der Waals surface area contributed by atoms with E-state index in [1.54, 1.807) is 37.4 Å². The Hall–Kier alpha value is -2.14. The van der Waals surface area contributed by atoms with Crippen LogP contribution < -0.4 is 14.8 Å². The Kier molecular flexibility index (Phi) is 4.90. The Bertz CT molecular complexity index is 558. The van der Waals surface area contributed by atoms with E-state index in [0.29, 0.717) is 23.6 Å². The van der Waals surface area contributed by atoms with E-state index >= 15 is 0 Å². The van der Waals surface area contributed by atoms with Crippen molar-refractivity contribution in [3.63, 3.8) is 0 Å². The Balaban J connectivity index is 2.15. The summed E-state index contributed by atoms with van der Waals surface area (Å²) in [5.41, 5.74) is 0.533. The van der Waals surface area contributed by atoms with Crippen LogP contribution in [0.2, 0.25) is 0 Å². The minimum absolute atomic E-state index is 0.0226. The van der Waals surface area contributed by atoms with E-state index in [2.05, 4.69) is 10.3 Å². The highest BCUT2D eigenvalue weighted by Gasteiger charge is 2.11. The van der Waals surface area contributed by atoms with Crippen LogP contribution in [0.5, 0.6) is 17.4 Å². The van der Waals surface area contributed by atoms with Gasteiger partial charge in [0.15, 0.2) is 5.82 Å². The second kappa shape index (κ2) is 6.86. The molecule has 0 spiro atoms. The van der Waals surface area contributed by atoms with Crippen molar-refractivity contribution in [1.82, 2.24) is 10.3 Å². The first-order valence-electron chi connectivity index (χ1n) is 6.40. The molecule has 0 atom stereocenters. The summed E-state index contributed by atoms with van der Waals surface area (Å²) in [6, 6.07) is 8.54. The molecule has 0 saturated heterocycles. The minimum atomic E-state index is -0.440. The lowest BCUT2D eigenvalue weighted by Crippen LogP contribution is -2.13. The summed E-state index contributed by atoms with van der Waals surface area (Å²) in [6.07, 6.45) is 1.54. The van der Waals surface area contributed by atoms with Gasteiger partial charge in [-0.3, -0.25) is 0 Å². The average Bonchev–Trinajstić information content (AvgIpc) is 2.49. The molecule has 5 heteroatoms. The van der Waals surface area contributed by atoms with Gasteiger partial charge in [0.2, 0.25) is 0 Å². The van der Waals surface area contributed by atoms with E-state index in [1.165, 1.54) is 6.20 Å². The van der Waals surface area contributed by atoms with Crippen molar-refractivity contribution in [3.05, 3.63) is 47.9 Å². The molecule has 0 aliphatic rings. The molecule has 2 aromatic rings. The van der Waals surface area contributed by atoms with Crippen LogP contribution in [-0.2, 0) is 6.54 Å². The normalized spacial score (nSPS) is 10.3. The van der Waals surface area contributed by atoms with Gasteiger partial charge in [0.25, 0.3) is 5.88 Å². The number of methoxy groups -OCH3 is 1. The molecule has 0 bridgehead atoms. The largest absolute Gasteiger partial charge is 0.497 e. The number of nitrogens with one attached hydrogen (secondary N) is 1. The number of hydrogen-bond donors (Lipinski definition) is 1. The van der Waals surface area contributed by atoms with Crippen LogP contribution in [0.25, 0.3) is 0 Å². The molecule has 20 heavy (non-hydrogen) atoms. The third-order valence-electron chi connectivity index (χ3n) is 2.78.